The van der Waals surface area contributed by atoms with E-state index in [2.05, 4.69) is 15.5 Å². The normalized spacial score (nSPS) is 16.2. The number of halogens is 1. The average Bonchev–Trinajstić information content (AvgIpc) is 2.63. The van der Waals surface area contributed by atoms with E-state index < -0.39 is 0 Å². The first kappa shape index (κ1) is 17.7. The van der Waals surface area contributed by atoms with Gasteiger partial charge < -0.3 is 15.4 Å². The van der Waals surface area contributed by atoms with E-state index in [9.17, 15) is 4.79 Å². The van der Waals surface area contributed by atoms with Crippen molar-refractivity contribution in [2.24, 2.45) is 0 Å². The molecule has 2 aromatic carbocycles. The maximum Gasteiger partial charge on any atom is 0.319 e. The molecule has 1 aliphatic rings. The van der Waals surface area contributed by atoms with Crippen molar-refractivity contribution in [2.75, 3.05) is 38.2 Å². The predicted octanol–water partition coefficient (Wildman–Crippen LogP) is 3.54. The van der Waals surface area contributed by atoms with Crippen LogP contribution in [0.4, 0.5) is 10.5 Å². The average molecular weight is 360 g/mol. The van der Waals surface area contributed by atoms with Gasteiger partial charge in [0.15, 0.2) is 0 Å². The van der Waals surface area contributed by atoms with Crippen molar-refractivity contribution in [1.29, 1.82) is 0 Å². The van der Waals surface area contributed by atoms with Gasteiger partial charge in [-0.1, -0.05) is 48.0 Å². The van der Waals surface area contributed by atoms with Crippen molar-refractivity contribution in [2.45, 2.75) is 6.04 Å². The lowest BCUT2D eigenvalue weighted by molar-refractivity contribution is 0.0340. The van der Waals surface area contributed by atoms with Gasteiger partial charge in [0.05, 0.1) is 19.3 Å². The molecular formula is C19H22ClN3O2. The summed E-state index contributed by atoms with van der Waals surface area (Å²) in [6.45, 7) is 3.96. The van der Waals surface area contributed by atoms with E-state index >= 15 is 0 Å². The molecular weight excluding hydrogens is 338 g/mol. The summed E-state index contributed by atoms with van der Waals surface area (Å²) >= 11 is 5.97. The van der Waals surface area contributed by atoms with E-state index in [0.29, 0.717) is 10.7 Å². The van der Waals surface area contributed by atoms with Crippen LogP contribution >= 0.6 is 11.6 Å². The summed E-state index contributed by atoms with van der Waals surface area (Å²) in [5.41, 5.74) is 1.75. The van der Waals surface area contributed by atoms with Crippen molar-refractivity contribution in [3.63, 3.8) is 0 Å². The van der Waals surface area contributed by atoms with Crippen LogP contribution in [-0.4, -0.2) is 43.8 Å². The number of urea groups is 1. The van der Waals surface area contributed by atoms with Crippen LogP contribution in [0.3, 0.4) is 0 Å². The summed E-state index contributed by atoms with van der Waals surface area (Å²) in [5, 5.41) is 6.50. The Kier molecular flexibility index (Phi) is 6.28. The minimum absolute atomic E-state index is 0.0986. The van der Waals surface area contributed by atoms with Crippen molar-refractivity contribution >= 4 is 23.3 Å². The van der Waals surface area contributed by atoms with E-state index in [1.165, 1.54) is 0 Å². The molecule has 2 amide bonds. The largest absolute Gasteiger partial charge is 0.379 e. The van der Waals surface area contributed by atoms with Gasteiger partial charge in [-0.2, -0.15) is 0 Å². The highest BCUT2D eigenvalue weighted by atomic mass is 35.5. The zero-order chi connectivity index (χ0) is 17.5. The molecule has 1 aliphatic heterocycles. The number of nitrogens with one attached hydrogen (secondary N) is 2. The number of ether oxygens (including phenoxy) is 1. The van der Waals surface area contributed by atoms with Crippen LogP contribution in [0.5, 0.6) is 0 Å². The summed E-state index contributed by atoms with van der Waals surface area (Å²) in [6, 6.07) is 16.8. The fourth-order valence-corrected chi connectivity index (χ4v) is 3.04. The van der Waals surface area contributed by atoms with E-state index in [4.69, 9.17) is 16.3 Å². The number of carbonyl (C=O) groups is 1. The summed E-state index contributed by atoms with van der Waals surface area (Å²) in [6.07, 6.45) is 0. The Bertz CT molecular complexity index is 690. The van der Waals surface area contributed by atoms with Gasteiger partial charge in [-0.3, -0.25) is 4.90 Å². The second-order valence-electron chi connectivity index (χ2n) is 5.99. The highest BCUT2D eigenvalue weighted by Crippen LogP contribution is 2.17. The Morgan fingerprint density at radius 2 is 1.88 bits per heavy atom. The van der Waals surface area contributed by atoms with Crippen molar-refractivity contribution in [3.8, 4) is 0 Å². The molecule has 1 saturated heterocycles. The lowest BCUT2D eigenvalue weighted by Crippen LogP contribution is -2.44. The van der Waals surface area contributed by atoms with Gasteiger partial charge in [0, 0.05) is 30.3 Å². The second-order valence-corrected chi connectivity index (χ2v) is 6.42. The number of amides is 2. The van der Waals surface area contributed by atoms with Gasteiger partial charge in [0.2, 0.25) is 0 Å². The lowest BCUT2D eigenvalue weighted by Gasteiger charge is -2.31. The Labute approximate surface area is 152 Å². The number of carbonyl (C=O) groups excluding carboxylic acids is 1. The smallest absolute Gasteiger partial charge is 0.319 e. The fraction of sp³-hybridized carbons (Fsp3) is 0.316. The molecule has 0 aromatic heterocycles. The summed E-state index contributed by atoms with van der Waals surface area (Å²) in [5.74, 6) is 0. The Balaban J connectivity index is 1.67. The van der Waals surface area contributed by atoms with Gasteiger partial charge in [0.1, 0.15) is 0 Å². The molecule has 6 heteroatoms. The highest BCUT2D eigenvalue weighted by Gasteiger charge is 2.20. The van der Waals surface area contributed by atoms with E-state index in [1.807, 2.05) is 36.4 Å². The second kappa shape index (κ2) is 8.85. The van der Waals surface area contributed by atoms with Crippen LogP contribution < -0.4 is 10.6 Å². The van der Waals surface area contributed by atoms with Crippen molar-refractivity contribution in [1.82, 2.24) is 10.2 Å². The Morgan fingerprint density at radius 1 is 1.12 bits per heavy atom. The maximum atomic E-state index is 12.4. The number of morpholine rings is 1. The predicted molar refractivity (Wildman–Crippen MR) is 100 cm³/mol. The first-order valence-corrected chi connectivity index (χ1v) is 8.76. The first-order chi connectivity index (χ1) is 12.2. The third-order valence-electron chi connectivity index (χ3n) is 4.13. The molecule has 132 valence electrons. The molecule has 0 bridgehead atoms. The number of hydrogen-bond acceptors (Lipinski definition) is 3. The van der Waals surface area contributed by atoms with Gasteiger partial charge in [-0.15, -0.1) is 0 Å². The molecule has 1 fully saturated rings. The molecule has 0 saturated carbocycles. The molecule has 0 radical (unpaired) electrons. The fourth-order valence-electron chi connectivity index (χ4n) is 2.85. The topological polar surface area (TPSA) is 53.6 Å². The number of rotatable bonds is 5. The van der Waals surface area contributed by atoms with Crippen LogP contribution in [0.15, 0.2) is 54.6 Å². The molecule has 1 unspecified atom stereocenters. The number of hydrogen-bond donors (Lipinski definition) is 2. The van der Waals surface area contributed by atoms with Gasteiger partial charge in [-0.05, 0) is 23.8 Å². The molecule has 1 atom stereocenters. The van der Waals surface area contributed by atoms with Crippen LogP contribution in [-0.2, 0) is 4.74 Å². The SMILES string of the molecule is O=C(Nc1cccc(Cl)c1)NC(CN1CCOCC1)c1ccccc1. The lowest BCUT2D eigenvalue weighted by atomic mass is 10.1. The summed E-state index contributed by atoms with van der Waals surface area (Å²) in [4.78, 5) is 14.7. The standard InChI is InChI=1S/C19H22ClN3O2/c20-16-7-4-8-17(13-16)21-19(24)22-18(15-5-2-1-3-6-15)14-23-9-11-25-12-10-23/h1-8,13,18H,9-12,14H2,(H2,21,22,24). The highest BCUT2D eigenvalue weighted by molar-refractivity contribution is 6.30. The van der Waals surface area contributed by atoms with Gasteiger partial charge >= 0.3 is 6.03 Å². The summed E-state index contributed by atoms with van der Waals surface area (Å²) < 4.78 is 5.40. The Morgan fingerprint density at radius 3 is 2.60 bits per heavy atom. The number of benzene rings is 2. The van der Waals surface area contributed by atoms with Crippen molar-refractivity contribution in [3.05, 3.63) is 65.2 Å². The molecule has 3 rings (SSSR count). The molecule has 2 aromatic rings. The molecule has 2 N–H and O–H groups in total. The zero-order valence-electron chi connectivity index (χ0n) is 14.0. The molecule has 1 heterocycles. The molecule has 5 nitrogen and oxygen atoms in total. The number of nitrogens with zero attached hydrogens (tertiary/aromatic N) is 1. The first-order valence-electron chi connectivity index (χ1n) is 8.39. The van der Waals surface area contributed by atoms with Crippen LogP contribution in [0.1, 0.15) is 11.6 Å². The van der Waals surface area contributed by atoms with Crippen molar-refractivity contribution < 1.29 is 9.53 Å². The van der Waals surface area contributed by atoms with E-state index in [1.54, 1.807) is 18.2 Å². The minimum atomic E-state index is -0.246. The van der Waals surface area contributed by atoms with E-state index in [-0.39, 0.29) is 12.1 Å². The van der Waals surface area contributed by atoms with Gasteiger partial charge in [0.25, 0.3) is 0 Å². The summed E-state index contributed by atoms with van der Waals surface area (Å²) in [7, 11) is 0. The third-order valence-corrected chi connectivity index (χ3v) is 4.37. The van der Waals surface area contributed by atoms with E-state index in [0.717, 1.165) is 38.4 Å². The maximum absolute atomic E-state index is 12.4. The van der Waals surface area contributed by atoms with Gasteiger partial charge in [-0.25, -0.2) is 4.79 Å². The molecule has 0 spiro atoms. The monoisotopic (exact) mass is 359 g/mol. The quantitative estimate of drug-likeness (QED) is 0.858. The Hall–Kier alpha value is -2.08. The zero-order valence-corrected chi connectivity index (χ0v) is 14.7. The molecule has 0 aliphatic carbocycles. The van der Waals surface area contributed by atoms with Crippen LogP contribution in [0.25, 0.3) is 0 Å². The molecule has 25 heavy (non-hydrogen) atoms. The van der Waals surface area contributed by atoms with Crippen LogP contribution in [0.2, 0.25) is 5.02 Å². The number of anilines is 1. The third kappa shape index (κ3) is 5.46. The minimum Gasteiger partial charge on any atom is -0.379 e. The van der Waals surface area contributed by atoms with Crippen LogP contribution in [0, 0.1) is 0 Å².